The maximum Gasteiger partial charge on any atom is 0.237 e. The van der Waals surface area contributed by atoms with E-state index in [1.807, 2.05) is 13.0 Å². The van der Waals surface area contributed by atoms with Gasteiger partial charge in [0.25, 0.3) is 0 Å². The number of carbonyl (C=O) groups excluding carboxylic acids is 2. The highest BCUT2D eigenvalue weighted by molar-refractivity contribution is 9.10. The molecule has 1 aromatic rings. The Morgan fingerprint density at radius 1 is 1.19 bits per heavy atom. The fourth-order valence-electron chi connectivity index (χ4n) is 3.50. The van der Waals surface area contributed by atoms with Crippen molar-refractivity contribution in [1.29, 1.82) is 0 Å². The summed E-state index contributed by atoms with van der Waals surface area (Å²) in [6.07, 6.45) is 2.65. The van der Waals surface area contributed by atoms with Gasteiger partial charge in [-0.3, -0.25) is 9.59 Å². The Labute approximate surface area is 137 Å². The zero-order valence-electron chi connectivity index (χ0n) is 12.0. The number of hydrogen-bond donors (Lipinski definition) is 0. The largest absolute Gasteiger partial charge is 0.274 e. The van der Waals surface area contributed by atoms with Crippen molar-refractivity contribution in [3.8, 4) is 0 Å². The Balaban J connectivity index is 2.01. The second kappa shape index (κ2) is 5.40. The van der Waals surface area contributed by atoms with E-state index in [1.54, 1.807) is 6.07 Å². The van der Waals surface area contributed by atoms with Gasteiger partial charge in [0.2, 0.25) is 11.8 Å². The molecule has 0 N–H and O–H groups in total. The van der Waals surface area contributed by atoms with Crippen molar-refractivity contribution in [3.63, 3.8) is 0 Å². The van der Waals surface area contributed by atoms with E-state index in [4.69, 9.17) is 11.6 Å². The van der Waals surface area contributed by atoms with Gasteiger partial charge in [0, 0.05) is 4.47 Å². The van der Waals surface area contributed by atoms with Gasteiger partial charge in [0.1, 0.15) is 0 Å². The van der Waals surface area contributed by atoms with Crippen molar-refractivity contribution in [2.75, 3.05) is 4.90 Å². The quantitative estimate of drug-likeness (QED) is 0.690. The number of imide groups is 1. The Kier molecular flexibility index (Phi) is 3.87. The van der Waals surface area contributed by atoms with Crippen LogP contribution in [0, 0.1) is 24.7 Å². The maximum atomic E-state index is 12.7. The molecule has 2 fully saturated rings. The lowest BCUT2D eigenvalue weighted by atomic mass is 9.76. The molecule has 0 spiro atoms. The fraction of sp³-hybridized carbons (Fsp3) is 0.500. The summed E-state index contributed by atoms with van der Waals surface area (Å²) in [5.74, 6) is 0.104. The molecule has 1 aliphatic heterocycles. The first-order valence-corrected chi connectivity index (χ1v) is 8.40. The van der Waals surface area contributed by atoms with Crippen LogP contribution >= 0.6 is 27.5 Å². The first-order valence-electron chi connectivity index (χ1n) is 7.23. The summed E-state index contributed by atoms with van der Waals surface area (Å²) in [6, 6.07) is 3.56. The molecule has 1 aromatic carbocycles. The normalized spacial score (nSPS) is 29.0. The summed E-state index contributed by atoms with van der Waals surface area (Å²) >= 11 is 9.51. The molecule has 112 valence electrons. The number of halogens is 2. The lowest BCUT2D eigenvalue weighted by molar-refractivity contribution is -0.122. The molecule has 3 rings (SSSR count). The number of aryl methyl sites for hydroxylation is 1. The smallest absolute Gasteiger partial charge is 0.237 e. The highest BCUT2D eigenvalue weighted by atomic mass is 79.9. The van der Waals surface area contributed by atoms with Gasteiger partial charge in [-0.15, -0.1) is 0 Å². The van der Waals surface area contributed by atoms with Crippen LogP contribution in [0.15, 0.2) is 16.6 Å². The van der Waals surface area contributed by atoms with Gasteiger partial charge in [-0.05, 0) is 65.7 Å². The zero-order chi connectivity index (χ0) is 15.3. The van der Waals surface area contributed by atoms with E-state index in [1.165, 1.54) is 4.90 Å². The van der Waals surface area contributed by atoms with E-state index in [-0.39, 0.29) is 23.7 Å². The third-order valence-corrected chi connectivity index (χ3v) is 5.86. The lowest BCUT2D eigenvalue weighted by Crippen LogP contribution is -2.31. The molecule has 1 aliphatic carbocycles. The number of benzene rings is 1. The summed E-state index contributed by atoms with van der Waals surface area (Å²) in [6.45, 7) is 4.04. The summed E-state index contributed by atoms with van der Waals surface area (Å²) in [5, 5.41) is 0.513. The molecule has 1 heterocycles. The lowest BCUT2D eigenvalue weighted by Gasteiger charge is -2.25. The minimum atomic E-state index is -0.150. The second-order valence-corrected chi connectivity index (χ2v) is 7.46. The van der Waals surface area contributed by atoms with Gasteiger partial charge >= 0.3 is 0 Å². The van der Waals surface area contributed by atoms with Gasteiger partial charge in [-0.1, -0.05) is 18.5 Å². The average Bonchev–Trinajstić information content (AvgIpc) is 2.66. The van der Waals surface area contributed by atoms with E-state index in [0.717, 1.165) is 29.3 Å². The first-order chi connectivity index (χ1) is 9.90. The molecule has 0 aromatic heterocycles. The van der Waals surface area contributed by atoms with E-state index in [0.29, 0.717) is 16.6 Å². The van der Waals surface area contributed by atoms with Gasteiger partial charge < -0.3 is 0 Å². The van der Waals surface area contributed by atoms with E-state index in [2.05, 4.69) is 22.9 Å². The number of amides is 2. The molecule has 0 radical (unpaired) electrons. The van der Waals surface area contributed by atoms with Gasteiger partial charge in [-0.2, -0.15) is 0 Å². The minimum absolute atomic E-state index is 0.0570. The SMILES string of the molecule is Cc1cc(Br)c(Cl)cc1N1C(=O)[C@H]2CC[C@H](C)C[C@H]2C1=O. The third kappa shape index (κ3) is 2.42. The van der Waals surface area contributed by atoms with Crippen LogP contribution in [0.2, 0.25) is 5.02 Å². The Morgan fingerprint density at radius 2 is 1.86 bits per heavy atom. The number of carbonyl (C=O) groups is 2. The van der Waals surface area contributed by atoms with Crippen LogP contribution in [-0.4, -0.2) is 11.8 Å². The first kappa shape index (κ1) is 15.0. The number of nitrogens with zero attached hydrogens (tertiary/aromatic N) is 1. The molecular weight excluding hydrogens is 354 g/mol. The maximum absolute atomic E-state index is 12.7. The number of anilines is 1. The molecule has 0 unspecified atom stereocenters. The molecule has 0 bridgehead atoms. The molecule has 1 saturated carbocycles. The number of rotatable bonds is 1. The molecule has 1 saturated heterocycles. The summed E-state index contributed by atoms with van der Waals surface area (Å²) < 4.78 is 0.774. The molecule has 5 heteroatoms. The zero-order valence-corrected chi connectivity index (χ0v) is 14.4. The topological polar surface area (TPSA) is 37.4 Å². The summed E-state index contributed by atoms with van der Waals surface area (Å²) in [7, 11) is 0. The van der Waals surface area contributed by atoms with Crippen molar-refractivity contribution < 1.29 is 9.59 Å². The highest BCUT2D eigenvalue weighted by Crippen LogP contribution is 2.43. The van der Waals surface area contributed by atoms with E-state index >= 15 is 0 Å². The van der Waals surface area contributed by atoms with Crippen molar-refractivity contribution in [1.82, 2.24) is 0 Å². The highest BCUT2D eigenvalue weighted by Gasteiger charge is 2.50. The molecule has 2 aliphatic rings. The fourth-order valence-corrected chi connectivity index (χ4v) is 4.12. The second-order valence-electron chi connectivity index (χ2n) is 6.20. The van der Waals surface area contributed by atoms with Crippen molar-refractivity contribution in [2.45, 2.75) is 33.1 Å². The molecule has 3 atom stereocenters. The monoisotopic (exact) mass is 369 g/mol. The van der Waals surface area contributed by atoms with Crippen LogP contribution in [0.5, 0.6) is 0 Å². The van der Waals surface area contributed by atoms with Gasteiger partial charge in [-0.25, -0.2) is 4.90 Å². The van der Waals surface area contributed by atoms with Gasteiger partial charge in [0.15, 0.2) is 0 Å². The molecular formula is C16H17BrClNO2. The van der Waals surface area contributed by atoms with Crippen LogP contribution < -0.4 is 4.90 Å². The van der Waals surface area contributed by atoms with Crippen LogP contribution in [0.25, 0.3) is 0 Å². The molecule has 2 amide bonds. The average molecular weight is 371 g/mol. The van der Waals surface area contributed by atoms with Gasteiger partial charge in [0.05, 0.1) is 22.5 Å². The van der Waals surface area contributed by atoms with Crippen molar-refractivity contribution >= 4 is 45.0 Å². The molecule has 3 nitrogen and oxygen atoms in total. The standard InChI is InChI=1S/C16H17BrClNO2/c1-8-3-4-10-11(5-8)16(21)19(15(10)20)14-7-13(18)12(17)6-9(14)2/h6-8,10-11H,3-5H2,1-2H3/t8-,10-,11+/m0/s1. The summed E-state index contributed by atoms with van der Waals surface area (Å²) in [4.78, 5) is 26.7. The third-order valence-electron chi connectivity index (χ3n) is 4.67. The predicted octanol–water partition coefficient (Wildman–Crippen LogP) is 4.34. The van der Waals surface area contributed by atoms with Crippen LogP contribution in [-0.2, 0) is 9.59 Å². The number of hydrogen-bond acceptors (Lipinski definition) is 2. The van der Waals surface area contributed by atoms with Crippen LogP contribution in [0.1, 0.15) is 31.7 Å². The number of fused-ring (bicyclic) bond motifs is 1. The minimum Gasteiger partial charge on any atom is -0.274 e. The van der Waals surface area contributed by atoms with Crippen molar-refractivity contribution in [2.24, 2.45) is 17.8 Å². The summed E-state index contributed by atoms with van der Waals surface area (Å²) in [5.41, 5.74) is 1.50. The van der Waals surface area contributed by atoms with Crippen LogP contribution in [0.4, 0.5) is 5.69 Å². The predicted molar refractivity (Wildman–Crippen MR) is 86.4 cm³/mol. The Morgan fingerprint density at radius 3 is 2.57 bits per heavy atom. The van der Waals surface area contributed by atoms with Crippen molar-refractivity contribution in [3.05, 3.63) is 27.2 Å². The Hall–Kier alpha value is -0.870. The Bertz CT molecular complexity index is 631. The molecule has 21 heavy (non-hydrogen) atoms. The van der Waals surface area contributed by atoms with E-state index in [9.17, 15) is 9.59 Å². The van der Waals surface area contributed by atoms with Crippen LogP contribution in [0.3, 0.4) is 0 Å². The van der Waals surface area contributed by atoms with E-state index < -0.39 is 0 Å².